The van der Waals surface area contributed by atoms with Crippen molar-refractivity contribution in [2.75, 3.05) is 0 Å². The van der Waals surface area contributed by atoms with Crippen molar-refractivity contribution in [1.82, 2.24) is 0 Å². The zero-order valence-corrected chi connectivity index (χ0v) is 56.1. The highest BCUT2D eigenvalue weighted by Crippen LogP contribution is 2.27. The third-order valence-electron chi connectivity index (χ3n) is 9.68. The van der Waals surface area contributed by atoms with Crippen LogP contribution in [0.4, 0.5) is 0 Å². The van der Waals surface area contributed by atoms with Crippen LogP contribution in [0.15, 0.2) is 192 Å². The summed E-state index contributed by atoms with van der Waals surface area (Å²) in [5, 5.41) is 34.3. The fraction of sp³-hybridized carbons (Fsp3) is 0.107. The molecule has 5 heterocycles. The molecule has 0 saturated heterocycles. The number of halogens is 10. The number of hydrogen-bond acceptors (Lipinski definition) is 15. The minimum absolute atomic E-state index is 0.0296. The summed E-state index contributed by atoms with van der Waals surface area (Å²) in [6.45, 7) is 3.56. The van der Waals surface area contributed by atoms with Crippen LogP contribution in [-0.4, -0.2) is 67.8 Å². The van der Waals surface area contributed by atoms with Crippen LogP contribution in [-0.2, 0) is 4.84 Å². The summed E-state index contributed by atoms with van der Waals surface area (Å²) < 4.78 is 6.40. The Labute approximate surface area is 552 Å². The van der Waals surface area contributed by atoms with Crippen molar-refractivity contribution in [3.8, 4) is 0 Å². The summed E-state index contributed by atoms with van der Waals surface area (Å²) >= 11 is 51.3. The van der Waals surface area contributed by atoms with E-state index in [4.69, 9.17) is 90.0 Å². The molecule has 0 spiro atoms. The number of oxime groups is 3. The Morgan fingerprint density at radius 3 is 1.38 bits per heavy atom. The van der Waals surface area contributed by atoms with E-state index in [9.17, 15) is 24.0 Å². The monoisotopic (exact) mass is 1550 g/mol. The van der Waals surface area contributed by atoms with Gasteiger partial charge in [-0.1, -0.05) is 192 Å². The molecule has 12 nitrogen and oxygen atoms in total. The highest BCUT2D eigenvalue weighted by molar-refractivity contribution is 9.11. The number of ketones is 2. The lowest BCUT2D eigenvalue weighted by Gasteiger charge is -2.06. The van der Waals surface area contributed by atoms with Crippen LogP contribution in [0.25, 0.3) is 0 Å². The zero-order valence-electron chi connectivity index (χ0n) is 42.0. The predicted octanol–water partition coefficient (Wildman–Crippen LogP) is 21.1. The number of aromatic carboxylic acids is 1. The van der Waals surface area contributed by atoms with E-state index in [2.05, 4.69) is 85.8 Å². The van der Waals surface area contributed by atoms with E-state index < -0.39 is 11.2 Å². The molecule has 1 atom stereocenters. The first-order valence-corrected chi connectivity index (χ1v) is 31.7. The Morgan fingerprint density at radius 1 is 0.598 bits per heavy atom. The maximum absolute atomic E-state index is 12.1. The number of allylic oxidation sites excluding steroid dienone is 1. The van der Waals surface area contributed by atoms with Gasteiger partial charge in [-0.3, -0.25) is 19.2 Å². The second-order valence-electron chi connectivity index (χ2n) is 15.5. The van der Waals surface area contributed by atoms with E-state index >= 15 is 0 Å². The molecule has 4 aromatic carbocycles. The highest BCUT2D eigenvalue weighted by Gasteiger charge is 2.23. The summed E-state index contributed by atoms with van der Waals surface area (Å²) in [4.78, 5) is 61.7. The number of hydrogen-bond donors (Lipinski definition) is 3. The third-order valence-corrected chi connectivity index (χ3v) is 17.4. The van der Waals surface area contributed by atoms with Crippen molar-refractivity contribution in [2.45, 2.75) is 38.2 Å². The highest BCUT2D eigenvalue weighted by atomic mass is 79.9. The van der Waals surface area contributed by atoms with Crippen molar-refractivity contribution >= 4 is 225 Å². The Kier molecular flexibility index (Phi) is 35.1. The maximum Gasteiger partial charge on any atom is 0.345 e. The van der Waals surface area contributed by atoms with Gasteiger partial charge in [0.25, 0.3) is 5.24 Å². The standard InChI is InChI=1S/C16H13BrClNO2S.C9H9ClOS.C7H5BrClNO.C7H6BrNO.C7H5BrO.C5H2Cl2OS.C5H3ClO2S/c17-11-3-1-10(2-4-11)13-9-12(21-19-13)5-6-14(20)15-7-8-16(18)22-15;1-2-3-4-7(11)8-5-6-9(10)12-8;8-6-3-1-5(2-4-6)7(9)10-11;8-7-3-1-6(2-4-7)5-9-10;8-7-3-1-6(5-9)2-4-7;2*6-4-2-1-3(9-4)5(7)8/h1-4,7-8,12H,5-6,9H2;2,5-6H,1,3-4H2;1-4,11H;1-5,10H;1-5H;1-2H;1-2H,(H,7,8)/b;;10-7-;9-5+;;;. The van der Waals surface area contributed by atoms with Crippen LogP contribution in [0.2, 0.25) is 17.3 Å². The van der Waals surface area contributed by atoms with E-state index in [0.717, 1.165) is 70.1 Å². The molecule has 0 saturated carbocycles. The third kappa shape index (κ3) is 29.0. The maximum atomic E-state index is 12.1. The number of carbonyl (C=O) groups is 5. The number of thiophene rings is 4. The molecular weight excluding hydrogens is 1520 g/mol. The van der Waals surface area contributed by atoms with Gasteiger partial charge in [0.15, 0.2) is 16.7 Å². The second-order valence-corrected chi connectivity index (χ2v) is 26.8. The molecule has 26 heteroatoms. The van der Waals surface area contributed by atoms with Gasteiger partial charge in [-0.05, 0) is 133 Å². The molecule has 8 aromatic rings. The number of carboxylic acids is 1. The van der Waals surface area contributed by atoms with Crippen LogP contribution in [0.5, 0.6) is 0 Å². The van der Waals surface area contributed by atoms with Gasteiger partial charge in [-0.2, -0.15) is 0 Å². The van der Waals surface area contributed by atoms with Crippen molar-refractivity contribution < 1.29 is 44.3 Å². The van der Waals surface area contributed by atoms with Crippen LogP contribution in [0, 0.1) is 0 Å². The summed E-state index contributed by atoms with van der Waals surface area (Å²) in [5.74, 6) is -0.670. The molecule has 1 aliphatic heterocycles. The first-order valence-electron chi connectivity index (χ1n) is 23.0. The molecule has 82 heavy (non-hydrogen) atoms. The quantitative estimate of drug-likeness (QED) is 0.0181. The van der Waals surface area contributed by atoms with Gasteiger partial charge in [0.1, 0.15) is 17.3 Å². The number of rotatable bonds is 14. The summed E-state index contributed by atoms with van der Waals surface area (Å²) in [6, 6.07) is 43.1. The SMILES string of the molecule is C=CCCC(=O)c1ccc(Cl)s1.O/N=C(\Cl)c1ccc(Br)cc1.O/N=C/c1ccc(Br)cc1.O=C(CCC1CC(c2ccc(Br)cc2)=NO1)c1ccc(Cl)s1.O=C(Cl)c1ccc(Cl)s1.O=C(O)c1ccc(Cl)s1.O=Cc1ccc(Br)cc1. The van der Waals surface area contributed by atoms with Crippen LogP contribution < -0.4 is 0 Å². The molecule has 0 aliphatic carbocycles. The lowest BCUT2D eigenvalue weighted by atomic mass is 10.0. The molecule has 0 radical (unpaired) electrons. The van der Waals surface area contributed by atoms with E-state index in [-0.39, 0.29) is 27.7 Å². The molecule has 4 aromatic heterocycles. The topological polar surface area (TPSA) is 192 Å². The molecular formula is C56H43Br4Cl6N3O9S4. The van der Waals surface area contributed by atoms with Crippen LogP contribution in [0.3, 0.4) is 0 Å². The lowest BCUT2D eigenvalue weighted by molar-refractivity contribution is 0.0701. The van der Waals surface area contributed by atoms with E-state index in [1.165, 1.54) is 46.3 Å². The molecule has 430 valence electrons. The first kappa shape index (κ1) is 71.9. The molecule has 9 rings (SSSR count). The van der Waals surface area contributed by atoms with Gasteiger partial charge in [-0.25, -0.2) is 4.79 Å². The fourth-order valence-electron chi connectivity index (χ4n) is 5.75. The number of nitrogens with zero attached hydrogens (tertiary/aromatic N) is 3. The number of aldehydes is 1. The average Bonchev–Trinajstić information content (AvgIpc) is 4.36. The lowest BCUT2D eigenvalue weighted by Crippen LogP contribution is -2.11. The van der Waals surface area contributed by atoms with E-state index in [0.29, 0.717) is 57.5 Å². The fourth-order valence-corrected chi connectivity index (χ4v) is 10.9. The van der Waals surface area contributed by atoms with Crippen LogP contribution in [0.1, 0.15) is 97.8 Å². The Balaban J connectivity index is 0.000000259. The van der Waals surface area contributed by atoms with Gasteiger partial charge in [-0.15, -0.1) is 51.9 Å². The zero-order chi connectivity index (χ0) is 60.6. The smallest absolute Gasteiger partial charge is 0.345 e. The molecule has 0 fully saturated rings. The van der Waals surface area contributed by atoms with Crippen molar-refractivity contribution in [3.63, 3.8) is 0 Å². The molecule has 1 unspecified atom stereocenters. The van der Waals surface area contributed by atoms with Gasteiger partial charge < -0.3 is 20.4 Å². The van der Waals surface area contributed by atoms with Gasteiger partial charge in [0.05, 0.1) is 43.9 Å². The first-order chi connectivity index (χ1) is 39.1. The van der Waals surface area contributed by atoms with Gasteiger partial charge >= 0.3 is 5.97 Å². The average molecular weight is 1560 g/mol. The summed E-state index contributed by atoms with van der Waals surface area (Å²) in [7, 11) is 0. The normalized spacial score (nSPS) is 12.0. The van der Waals surface area contributed by atoms with Gasteiger partial charge in [0.2, 0.25) is 0 Å². The Morgan fingerprint density at radius 2 is 1.01 bits per heavy atom. The number of carboxylic acid groups (broad SMARTS) is 1. The molecule has 0 bridgehead atoms. The van der Waals surface area contributed by atoms with Crippen LogP contribution >= 0.6 is 179 Å². The van der Waals surface area contributed by atoms with E-state index in [1.54, 1.807) is 72.8 Å². The van der Waals surface area contributed by atoms with E-state index in [1.807, 2.05) is 72.8 Å². The number of benzene rings is 4. The number of Topliss-reactive ketones (excluding diaryl/α,β-unsaturated/α-hetero) is 2. The molecule has 3 N–H and O–H groups in total. The Bertz CT molecular complexity index is 3340. The van der Waals surface area contributed by atoms with Gasteiger partial charge in [0, 0.05) is 48.3 Å². The molecule has 1 aliphatic rings. The van der Waals surface area contributed by atoms with Crippen molar-refractivity contribution in [2.24, 2.45) is 15.5 Å². The van der Waals surface area contributed by atoms with Crippen molar-refractivity contribution in [1.29, 1.82) is 0 Å². The summed E-state index contributed by atoms with van der Waals surface area (Å²) in [6.07, 6.45) is 7.03. The molecule has 0 amide bonds. The second kappa shape index (κ2) is 40.0. The summed E-state index contributed by atoms with van der Waals surface area (Å²) in [5.41, 5.74) is 4.27. The van der Waals surface area contributed by atoms with Crippen molar-refractivity contribution in [3.05, 3.63) is 235 Å². The Hall–Kier alpha value is -4.36. The minimum Gasteiger partial charge on any atom is -0.477 e. The minimum atomic E-state index is -0.924. The largest absolute Gasteiger partial charge is 0.477 e. The number of carbonyl (C=O) groups excluding carboxylic acids is 4. The predicted molar refractivity (Wildman–Crippen MR) is 353 cm³/mol.